The van der Waals surface area contributed by atoms with Crippen molar-refractivity contribution in [2.24, 2.45) is 5.73 Å². The average Bonchev–Trinajstić information content (AvgIpc) is 2.59. The number of amides is 1. The van der Waals surface area contributed by atoms with Gasteiger partial charge >= 0.3 is 0 Å². The minimum absolute atomic E-state index is 0.104. The normalized spacial score (nSPS) is 14.3. The largest absolute Gasteiger partial charge is 0.367 e. The van der Waals surface area contributed by atoms with Gasteiger partial charge in [-0.2, -0.15) is 4.98 Å². The van der Waals surface area contributed by atoms with Gasteiger partial charge in [-0.1, -0.05) is 0 Å². The third-order valence-corrected chi connectivity index (χ3v) is 3.58. The summed E-state index contributed by atoms with van der Waals surface area (Å²) in [7, 11) is 0. The SMILES string of the molecule is C[C@H](N)CNc1nccc(NC2CCC2)n1.O=CNc1cccnc1. The molecule has 1 saturated carbocycles. The van der Waals surface area contributed by atoms with Crippen molar-refractivity contribution in [1.82, 2.24) is 15.0 Å². The maximum Gasteiger partial charge on any atom is 0.224 e. The lowest BCUT2D eigenvalue weighted by atomic mass is 9.93. The van der Waals surface area contributed by atoms with Crippen LogP contribution in [0.1, 0.15) is 26.2 Å². The highest BCUT2D eigenvalue weighted by atomic mass is 16.1. The molecule has 1 atom stereocenters. The van der Waals surface area contributed by atoms with Gasteiger partial charge in [-0.15, -0.1) is 0 Å². The van der Waals surface area contributed by atoms with Crippen LogP contribution in [-0.4, -0.2) is 40.0 Å². The molecule has 0 saturated heterocycles. The van der Waals surface area contributed by atoms with Gasteiger partial charge in [-0.05, 0) is 44.4 Å². The van der Waals surface area contributed by atoms with E-state index in [1.807, 2.05) is 13.0 Å². The summed E-state index contributed by atoms with van der Waals surface area (Å²) in [5.41, 5.74) is 6.37. The maximum absolute atomic E-state index is 9.84. The molecule has 5 N–H and O–H groups in total. The molecule has 0 aromatic carbocycles. The number of aromatic nitrogens is 3. The van der Waals surface area contributed by atoms with Crippen molar-refractivity contribution < 1.29 is 4.79 Å². The lowest BCUT2D eigenvalue weighted by Gasteiger charge is -2.26. The van der Waals surface area contributed by atoms with Gasteiger partial charge in [-0.3, -0.25) is 9.78 Å². The summed E-state index contributed by atoms with van der Waals surface area (Å²) in [6.45, 7) is 2.64. The number of carbonyl (C=O) groups excluding carboxylic acids is 1. The van der Waals surface area contributed by atoms with Gasteiger partial charge in [0.2, 0.25) is 12.4 Å². The molecule has 1 aliphatic carbocycles. The first-order valence-electron chi connectivity index (χ1n) is 8.36. The standard InChI is InChI=1S/C11H19N5.C6H6N2O/c1-8(12)7-14-11-13-6-5-10(16-11)15-9-3-2-4-9;9-5-8-6-2-1-3-7-4-6/h5-6,8-9H,2-4,7,12H2,1H3,(H2,13,14,15,16);1-5H,(H,8,9)/t8-;/m0./s1. The number of hydrogen-bond donors (Lipinski definition) is 4. The second kappa shape index (κ2) is 10.2. The van der Waals surface area contributed by atoms with E-state index < -0.39 is 0 Å². The van der Waals surface area contributed by atoms with Gasteiger partial charge in [0.25, 0.3) is 0 Å². The third-order valence-electron chi connectivity index (χ3n) is 3.58. The summed E-state index contributed by atoms with van der Waals surface area (Å²) in [5.74, 6) is 1.54. The Kier molecular flexibility index (Phi) is 7.58. The van der Waals surface area contributed by atoms with Crippen LogP contribution in [0.3, 0.4) is 0 Å². The Morgan fingerprint density at radius 2 is 2.20 bits per heavy atom. The molecule has 8 nitrogen and oxygen atoms in total. The summed E-state index contributed by atoms with van der Waals surface area (Å²) >= 11 is 0. The fraction of sp³-hybridized carbons (Fsp3) is 0.412. The van der Waals surface area contributed by atoms with Crippen molar-refractivity contribution >= 4 is 23.9 Å². The lowest BCUT2D eigenvalue weighted by molar-refractivity contribution is -0.105. The van der Waals surface area contributed by atoms with Crippen LogP contribution in [0, 0.1) is 0 Å². The number of rotatable bonds is 7. The highest BCUT2D eigenvalue weighted by Crippen LogP contribution is 2.22. The summed E-state index contributed by atoms with van der Waals surface area (Å²) in [6.07, 6.45) is 9.41. The van der Waals surface area contributed by atoms with E-state index in [0.29, 0.717) is 30.6 Å². The molecule has 1 fully saturated rings. The fourth-order valence-electron chi connectivity index (χ4n) is 2.05. The van der Waals surface area contributed by atoms with Crippen LogP contribution in [0.25, 0.3) is 0 Å². The van der Waals surface area contributed by atoms with Crippen LogP contribution in [0.4, 0.5) is 17.5 Å². The summed E-state index contributed by atoms with van der Waals surface area (Å²) < 4.78 is 0. The topological polar surface area (TPSA) is 118 Å². The molecule has 1 aliphatic rings. The Balaban J connectivity index is 0.000000212. The Hall–Kier alpha value is -2.74. The number of anilines is 3. The Labute approximate surface area is 147 Å². The fourth-order valence-corrected chi connectivity index (χ4v) is 2.05. The predicted molar refractivity (Wildman–Crippen MR) is 99.4 cm³/mol. The van der Waals surface area contributed by atoms with E-state index in [2.05, 4.69) is 30.9 Å². The highest BCUT2D eigenvalue weighted by Gasteiger charge is 2.17. The van der Waals surface area contributed by atoms with E-state index in [0.717, 1.165) is 5.82 Å². The number of pyridine rings is 1. The monoisotopic (exact) mass is 343 g/mol. The summed E-state index contributed by atoms with van der Waals surface area (Å²) in [5, 5.41) is 8.95. The van der Waals surface area contributed by atoms with Crippen LogP contribution in [-0.2, 0) is 4.79 Å². The molecule has 1 amide bonds. The number of nitrogens with zero attached hydrogens (tertiary/aromatic N) is 3. The zero-order valence-corrected chi connectivity index (χ0v) is 14.4. The second-order valence-electron chi connectivity index (χ2n) is 5.90. The van der Waals surface area contributed by atoms with Gasteiger partial charge in [0.1, 0.15) is 5.82 Å². The predicted octanol–water partition coefficient (Wildman–Crippen LogP) is 1.85. The van der Waals surface area contributed by atoms with Crippen LogP contribution in [0.5, 0.6) is 0 Å². The van der Waals surface area contributed by atoms with Crippen LogP contribution in [0.15, 0.2) is 36.8 Å². The zero-order valence-electron chi connectivity index (χ0n) is 14.4. The minimum atomic E-state index is 0.104. The Morgan fingerprint density at radius 3 is 2.80 bits per heavy atom. The number of hydrogen-bond acceptors (Lipinski definition) is 7. The van der Waals surface area contributed by atoms with Gasteiger partial charge in [0, 0.05) is 31.0 Å². The molecule has 0 bridgehead atoms. The van der Waals surface area contributed by atoms with Crippen molar-refractivity contribution in [3.63, 3.8) is 0 Å². The molecule has 0 radical (unpaired) electrons. The highest BCUT2D eigenvalue weighted by molar-refractivity contribution is 5.70. The smallest absolute Gasteiger partial charge is 0.224 e. The minimum Gasteiger partial charge on any atom is -0.367 e. The second-order valence-corrected chi connectivity index (χ2v) is 5.90. The van der Waals surface area contributed by atoms with Crippen molar-refractivity contribution in [3.05, 3.63) is 36.8 Å². The van der Waals surface area contributed by atoms with Crippen LogP contribution < -0.4 is 21.7 Å². The van der Waals surface area contributed by atoms with Gasteiger partial charge in [-0.25, -0.2) is 4.98 Å². The van der Waals surface area contributed by atoms with Crippen molar-refractivity contribution in [1.29, 1.82) is 0 Å². The Bertz CT molecular complexity index is 632. The Morgan fingerprint density at radius 1 is 1.36 bits per heavy atom. The van der Waals surface area contributed by atoms with Crippen molar-refractivity contribution in [2.45, 2.75) is 38.3 Å². The van der Waals surface area contributed by atoms with E-state index in [-0.39, 0.29) is 6.04 Å². The zero-order chi connectivity index (χ0) is 17.9. The van der Waals surface area contributed by atoms with Gasteiger partial charge in [0.15, 0.2) is 0 Å². The molecule has 2 aromatic rings. The first kappa shape index (κ1) is 18.6. The summed E-state index contributed by atoms with van der Waals surface area (Å²) in [6, 6.07) is 6.12. The number of nitrogens with one attached hydrogen (secondary N) is 3. The summed E-state index contributed by atoms with van der Waals surface area (Å²) in [4.78, 5) is 22.1. The van der Waals surface area contributed by atoms with Crippen molar-refractivity contribution in [2.75, 3.05) is 22.5 Å². The molecular formula is C17H25N7O. The number of carbonyl (C=O) groups is 1. The molecule has 0 unspecified atom stereocenters. The quantitative estimate of drug-likeness (QED) is 0.567. The molecule has 134 valence electrons. The lowest BCUT2D eigenvalue weighted by Crippen LogP contribution is -2.28. The van der Waals surface area contributed by atoms with E-state index in [1.165, 1.54) is 19.3 Å². The van der Waals surface area contributed by atoms with Gasteiger partial charge < -0.3 is 21.7 Å². The first-order chi connectivity index (χ1) is 12.2. The van der Waals surface area contributed by atoms with E-state index >= 15 is 0 Å². The molecule has 8 heteroatoms. The van der Waals surface area contributed by atoms with E-state index in [1.54, 1.807) is 30.7 Å². The van der Waals surface area contributed by atoms with Gasteiger partial charge in [0.05, 0.1) is 11.9 Å². The number of nitrogens with two attached hydrogens (primary N) is 1. The maximum atomic E-state index is 9.84. The van der Waals surface area contributed by atoms with Crippen LogP contribution in [0.2, 0.25) is 0 Å². The molecule has 3 rings (SSSR count). The molecule has 2 heterocycles. The van der Waals surface area contributed by atoms with E-state index in [9.17, 15) is 4.79 Å². The van der Waals surface area contributed by atoms with E-state index in [4.69, 9.17) is 5.73 Å². The molecular weight excluding hydrogens is 318 g/mol. The molecule has 2 aromatic heterocycles. The average molecular weight is 343 g/mol. The first-order valence-corrected chi connectivity index (χ1v) is 8.36. The third kappa shape index (κ3) is 7.13. The van der Waals surface area contributed by atoms with Crippen LogP contribution >= 0.6 is 0 Å². The molecule has 25 heavy (non-hydrogen) atoms. The van der Waals surface area contributed by atoms with Crippen molar-refractivity contribution in [3.8, 4) is 0 Å². The molecule has 0 spiro atoms. The molecule has 0 aliphatic heterocycles.